The molecule has 0 amide bonds. The van der Waals surface area contributed by atoms with Crippen molar-refractivity contribution in [1.82, 2.24) is 19.5 Å². The molecule has 0 radical (unpaired) electrons. The van der Waals surface area contributed by atoms with Crippen molar-refractivity contribution in [3.8, 4) is 11.8 Å². The minimum Gasteiger partial charge on any atom is -0.464 e. The summed E-state index contributed by atoms with van der Waals surface area (Å²) in [6.07, 6.45) is 4.36. The summed E-state index contributed by atoms with van der Waals surface area (Å²) in [6, 6.07) is -0.635. The summed E-state index contributed by atoms with van der Waals surface area (Å²) >= 11 is 6.37. The zero-order valence-electron chi connectivity index (χ0n) is 19.7. The standard InChI is InChI=1S/C24H29ClN6O3/c1-13(2)9-17(26)23(33)34-8-6-5-7-16-11-31(22-19(16)21(25)29-24(27)30-22)12-18-15(4)20(32)14(3)10-28-18/h10-11,13,17H,6,8-9,12,26H2,1-4H3,(H,28,32)(H2,27,29,30)/t17-/m1/s1. The number of rotatable bonds is 7. The Bertz CT molecular complexity index is 1330. The SMILES string of the molecule is Cc1c[nH]c(Cn2cc(C#CCCOC(=O)[C@H](N)CC(C)C)c3c(Cl)nc(N)nc32)c(C)c1=O. The van der Waals surface area contributed by atoms with Gasteiger partial charge in [-0.15, -0.1) is 0 Å². The maximum absolute atomic E-state index is 12.3. The Hall–Kier alpha value is -3.35. The van der Waals surface area contributed by atoms with E-state index < -0.39 is 12.0 Å². The number of hydrogen-bond acceptors (Lipinski definition) is 7. The predicted octanol–water partition coefficient (Wildman–Crippen LogP) is 2.68. The molecule has 3 aromatic heterocycles. The number of H-pyrrole nitrogens is 1. The summed E-state index contributed by atoms with van der Waals surface area (Å²) in [5, 5.41) is 0.747. The fourth-order valence-corrected chi connectivity index (χ4v) is 3.86. The van der Waals surface area contributed by atoms with Crippen LogP contribution in [0.2, 0.25) is 5.15 Å². The van der Waals surface area contributed by atoms with Gasteiger partial charge in [-0.1, -0.05) is 37.3 Å². The van der Waals surface area contributed by atoms with Crippen LogP contribution in [0.25, 0.3) is 11.0 Å². The summed E-state index contributed by atoms with van der Waals surface area (Å²) < 4.78 is 7.04. The van der Waals surface area contributed by atoms with Crippen LogP contribution in [0.4, 0.5) is 5.95 Å². The lowest BCUT2D eigenvalue weighted by Gasteiger charge is -2.12. The number of hydrogen-bond donors (Lipinski definition) is 3. The van der Waals surface area contributed by atoms with E-state index in [2.05, 4.69) is 26.8 Å². The first kappa shape index (κ1) is 25.3. The average molecular weight is 485 g/mol. The predicted molar refractivity (Wildman–Crippen MR) is 132 cm³/mol. The molecule has 0 unspecified atom stereocenters. The molecule has 0 aliphatic rings. The molecule has 0 saturated carbocycles. The monoisotopic (exact) mass is 484 g/mol. The van der Waals surface area contributed by atoms with Gasteiger partial charge in [-0.2, -0.15) is 4.98 Å². The second kappa shape index (κ2) is 10.7. The van der Waals surface area contributed by atoms with Crippen LogP contribution in [0.15, 0.2) is 17.2 Å². The average Bonchev–Trinajstić information content (AvgIpc) is 3.10. The van der Waals surface area contributed by atoms with Crippen molar-refractivity contribution in [3.63, 3.8) is 0 Å². The van der Waals surface area contributed by atoms with Crippen LogP contribution in [0.1, 0.15) is 49.1 Å². The summed E-state index contributed by atoms with van der Waals surface area (Å²) in [5.41, 5.74) is 14.8. The third-order valence-electron chi connectivity index (χ3n) is 5.35. The Kier molecular flexibility index (Phi) is 7.97. The molecule has 0 bridgehead atoms. The molecule has 3 aromatic rings. The maximum Gasteiger partial charge on any atom is 0.322 e. The maximum atomic E-state index is 12.3. The molecule has 10 heteroatoms. The Balaban J connectivity index is 1.83. The molecule has 3 heterocycles. The van der Waals surface area contributed by atoms with Gasteiger partial charge in [0, 0.05) is 35.6 Å². The molecule has 0 saturated heterocycles. The van der Waals surface area contributed by atoms with Crippen LogP contribution in [-0.4, -0.2) is 38.1 Å². The van der Waals surface area contributed by atoms with E-state index in [0.717, 1.165) is 5.69 Å². The molecule has 0 aromatic carbocycles. The number of anilines is 1. The molecule has 0 spiro atoms. The molecular formula is C24H29ClN6O3. The molecule has 1 atom stereocenters. The zero-order chi connectivity index (χ0) is 25.0. The lowest BCUT2D eigenvalue weighted by atomic mass is 10.1. The van der Waals surface area contributed by atoms with Crippen molar-refractivity contribution in [2.45, 2.75) is 53.1 Å². The van der Waals surface area contributed by atoms with E-state index in [4.69, 9.17) is 27.8 Å². The van der Waals surface area contributed by atoms with Crippen LogP contribution in [-0.2, 0) is 16.1 Å². The highest BCUT2D eigenvalue weighted by Gasteiger charge is 2.17. The smallest absolute Gasteiger partial charge is 0.322 e. The third kappa shape index (κ3) is 5.76. The highest BCUT2D eigenvalue weighted by Crippen LogP contribution is 2.27. The van der Waals surface area contributed by atoms with E-state index in [0.29, 0.717) is 53.0 Å². The van der Waals surface area contributed by atoms with E-state index in [1.54, 1.807) is 26.2 Å². The van der Waals surface area contributed by atoms with Crippen molar-refractivity contribution >= 4 is 34.6 Å². The number of fused-ring (bicyclic) bond motifs is 1. The summed E-state index contributed by atoms with van der Waals surface area (Å²) in [7, 11) is 0. The van der Waals surface area contributed by atoms with Gasteiger partial charge in [0.25, 0.3) is 0 Å². The minimum absolute atomic E-state index is 0.0138. The number of nitrogens with one attached hydrogen (secondary N) is 1. The summed E-state index contributed by atoms with van der Waals surface area (Å²) in [6.45, 7) is 8.01. The van der Waals surface area contributed by atoms with E-state index >= 15 is 0 Å². The number of ether oxygens (including phenoxy) is 1. The number of pyridine rings is 1. The molecule has 34 heavy (non-hydrogen) atoms. The van der Waals surface area contributed by atoms with E-state index in [1.807, 2.05) is 18.4 Å². The molecule has 0 fully saturated rings. The molecular weight excluding hydrogens is 456 g/mol. The van der Waals surface area contributed by atoms with Gasteiger partial charge in [-0.25, -0.2) is 4.98 Å². The summed E-state index contributed by atoms with van der Waals surface area (Å²) in [5.74, 6) is 5.96. The largest absolute Gasteiger partial charge is 0.464 e. The van der Waals surface area contributed by atoms with Crippen LogP contribution < -0.4 is 16.9 Å². The van der Waals surface area contributed by atoms with Crippen molar-refractivity contribution < 1.29 is 9.53 Å². The third-order valence-corrected chi connectivity index (χ3v) is 5.63. The van der Waals surface area contributed by atoms with Gasteiger partial charge in [-0.3, -0.25) is 9.59 Å². The molecule has 180 valence electrons. The lowest BCUT2D eigenvalue weighted by Crippen LogP contribution is -2.33. The minimum atomic E-state index is -0.635. The van der Waals surface area contributed by atoms with Gasteiger partial charge in [0.05, 0.1) is 17.5 Å². The number of aromatic nitrogens is 4. The quantitative estimate of drug-likeness (QED) is 0.202. The van der Waals surface area contributed by atoms with E-state index in [-0.39, 0.29) is 23.1 Å². The van der Waals surface area contributed by atoms with E-state index in [9.17, 15) is 9.59 Å². The van der Waals surface area contributed by atoms with Gasteiger partial charge >= 0.3 is 5.97 Å². The Morgan fingerprint density at radius 1 is 1.32 bits per heavy atom. The Morgan fingerprint density at radius 2 is 2.06 bits per heavy atom. The summed E-state index contributed by atoms with van der Waals surface area (Å²) in [4.78, 5) is 35.8. The van der Waals surface area contributed by atoms with Crippen molar-refractivity contribution in [2.75, 3.05) is 12.3 Å². The van der Waals surface area contributed by atoms with E-state index in [1.165, 1.54) is 0 Å². The zero-order valence-corrected chi connectivity index (χ0v) is 20.5. The van der Waals surface area contributed by atoms with Crippen molar-refractivity contribution in [1.29, 1.82) is 0 Å². The first-order chi connectivity index (χ1) is 16.1. The normalized spacial score (nSPS) is 12.0. The van der Waals surface area contributed by atoms with Crippen molar-refractivity contribution in [2.24, 2.45) is 11.7 Å². The molecule has 0 aliphatic carbocycles. The number of nitrogens with zero attached hydrogens (tertiary/aromatic N) is 3. The molecule has 3 rings (SSSR count). The second-order valence-corrected chi connectivity index (χ2v) is 8.96. The van der Waals surface area contributed by atoms with Crippen LogP contribution in [0, 0.1) is 31.6 Å². The fourth-order valence-electron chi connectivity index (χ4n) is 3.58. The van der Waals surface area contributed by atoms with Crippen LogP contribution >= 0.6 is 11.6 Å². The van der Waals surface area contributed by atoms with Gasteiger partial charge in [0.15, 0.2) is 5.43 Å². The van der Waals surface area contributed by atoms with Crippen LogP contribution in [0.5, 0.6) is 0 Å². The number of aromatic amines is 1. The Labute approximate surface area is 202 Å². The topological polar surface area (TPSA) is 142 Å². The molecule has 0 aliphatic heterocycles. The second-order valence-electron chi connectivity index (χ2n) is 8.60. The molecule has 5 N–H and O–H groups in total. The molecule has 9 nitrogen and oxygen atoms in total. The fraction of sp³-hybridized carbons (Fsp3) is 0.417. The number of nitrogens with two attached hydrogens (primary N) is 2. The number of esters is 1. The first-order valence-corrected chi connectivity index (χ1v) is 11.4. The first-order valence-electron chi connectivity index (χ1n) is 11.0. The van der Waals surface area contributed by atoms with Gasteiger partial charge in [-0.05, 0) is 26.2 Å². The lowest BCUT2D eigenvalue weighted by molar-refractivity contribution is -0.145. The van der Waals surface area contributed by atoms with Gasteiger partial charge in [0.1, 0.15) is 23.4 Å². The van der Waals surface area contributed by atoms with Crippen molar-refractivity contribution in [3.05, 3.63) is 50.2 Å². The van der Waals surface area contributed by atoms with Gasteiger partial charge < -0.3 is 25.8 Å². The van der Waals surface area contributed by atoms with Crippen LogP contribution in [0.3, 0.4) is 0 Å². The number of halogens is 1. The highest BCUT2D eigenvalue weighted by atomic mass is 35.5. The number of carbonyl (C=O) groups excluding carboxylic acids is 1. The highest BCUT2D eigenvalue weighted by molar-refractivity contribution is 6.34. The number of nitrogen functional groups attached to an aromatic ring is 1. The number of carbonyl (C=O) groups is 1. The van der Waals surface area contributed by atoms with Gasteiger partial charge in [0.2, 0.25) is 5.95 Å². The Morgan fingerprint density at radius 3 is 2.76 bits per heavy atom. The number of aryl methyl sites for hydroxylation is 1.